The first-order valence-corrected chi connectivity index (χ1v) is 7.44. The van der Waals surface area contributed by atoms with E-state index < -0.39 is 4.92 Å². The minimum Gasteiger partial charge on any atom is -0.396 e. The summed E-state index contributed by atoms with van der Waals surface area (Å²) in [5, 5.41) is 22.9. The molecule has 6 heteroatoms. The first kappa shape index (κ1) is 16.2. The largest absolute Gasteiger partial charge is 0.396 e. The van der Waals surface area contributed by atoms with Gasteiger partial charge < -0.3 is 10.4 Å². The molecule has 2 atom stereocenters. The van der Waals surface area contributed by atoms with Crippen LogP contribution in [0.1, 0.15) is 31.2 Å². The van der Waals surface area contributed by atoms with Crippen LogP contribution in [0.25, 0.3) is 6.08 Å². The first-order chi connectivity index (χ1) is 10.6. The van der Waals surface area contributed by atoms with Gasteiger partial charge in [0.1, 0.15) is 0 Å². The number of nitro benzene ring substituents is 1. The van der Waals surface area contributed by atoms with Crippen molar-refractivity contribution in [1.82, 2.24) is 5.32 Å². The van der Waals surface area contributed by atoms with Crippen molar-refractivity contribution in [3.63, 3.8) is 0 Å². The summed E-state index contributed by atoms with van der Waals surface area (Å²) >= 11 is 0. The molecule has 0 aliphatic heterocycles. The predicted molar refractivity (Wildman–Crippen MR) is 83.1 cm³/mol. The van der Waals surface area contributed by atoms with Crippen LogP contribution in [0.3, 0.4) is 0 Å². The average Bonchev–Trinajstić information content (AvgIpc) is 2.53. The highest BCUT2D eigenvalue weighted by Gasteiger charge is 2.25. The Hall–Kier alpha value is -2.21. The lowest BCUT2D eigenvalue weighted by atomic mass is 9.85. The molecule has 1 aromatic rings. The van der Waals surface area contributed by atoms with Gasteiger partial charge in [0.05, 0.1) is 4.92 Å². The van der Waals surface area contributed by atoms with Crippen LogP contribution >= 0.6 is 0 Å². The molecule has 0 bridgehead atoms. The molecule has 1 aliphatic carbocycles. The second-order valence-corrected chi connectivity index (χ2v) is 5.53. The van der Waals surface area contributed by atoms with Crippen molar-refractivity contribution in [3.05, 3.63) is 46.0 Å². The second-order valence-electron chi connectivity index (χ2n) is 5.53. The van der Waals surface area contributed by atoms with Gasteiger partial charge in [-0.15, -0.1) is 0 Å². The van der Waals surface area contributed by atoms with Gasteiger partial charge in [-0.2, -0.15) is 0 Å². The molecule has 1 saturated carbocycles. The van der Waals surface area contributed by atoms with Gasteiger partial charge in [-0.05, 0) is 24.5 Å². The zero-order valence-corrected chi connectivity index (χ0v) is 12.3. The maximum Gasteiger partial charge on any atom is 0.270 e. The van der Waals surface area contributed by atoms with Crippen molar-refractivity contribution < 1.29 is 14.8 Å². The number of hydrogen-bond acceptors (Lipinski definition) is 4. The first-order valence-electron chi connectivity index (χ1n) is 7.44. The van der Waals surface area contributed by atoms with Crippen molar-refractivity contribution in [2.45, 2.75) is 31.7 Å². The summed E-state index contributed by atoms with van der Waals surface area (Å²) in [7, 11) is 0. The highest BCUT2D eigenvalue weighted by molar-refractivity contribution is 5.92. The Morgan fingerprint density at radius 3 is 2.91 bits per heavy atom. The fourth-order valence-electron chi connectivity index (χ4n) is 2.76. The third-order valence-corrected chi connectivity index (χ3v) is 3.98. The van der Waals surface area contributed by atoms with E-state index >= 15 is 0 Å². The Labute approximate surface area is 129 Å². The van der Waals surface area contributed by atoms with Crippen molar-refractivity contribution in [2.75, 3.05) is 6.61 Å². The Morgan fingerprint density at radius 1 is 1.41 bits per heavy atom. The van der Waals surface area contributed by atoms with E-state index in [0.29, 0.717) is 5.56 Å². The molecular formula is C16H20N2O4. The summed E-state index contributed by atoms with van der Waals surface area (Å²) in [6.07, 6.45) is 6.87. The normalized spacial score (nSPS) is 21.7. The van der Waals surface area contributed by atoms with Gasteiger partial charge in [0.25, 0.3) is 5.69 Å². The van der Waals surface area contributed by atoms with Crippen molar-refractivity contribution in [2.24, 2.45) is 5.92 Å². The number of hydrogen-bond donors (Lipinski definition) is 2. The number of aliphatic hydroxyl groups excluding tert-OH is 1. The predicted octanol–water partition coefficient (Wildman–Crippen LogP) is 2.28. The molecule has 2 N–H and O–H groups in total. The fourth-order valence-corrected chi connectivity index (χ4v) is 2.76. The molecule has 0 saturated heterocycles. The molecule has 0 aromatic heterocycles. The summed E-state index contributed by atoms with van der Waals surface area (Å²) < 4.78 is 0. The van der Waals surface area contributed by atoms with Crippen molar-refractivity contribution in [1.29, 1.82) is 0 Å². The number of amides is 1. The van der Waals surface area contributed by atoms with Gasteiger partial charge in [-0.1, -0.05) is 25.0 Å². The summed E-state index contributed by atoms with van der Waals surface area (Å²) in [5.74, 6) is -0.124. The van der Waals surface area contributed by atoms with Crippen LogP contribution in [0.5, 0.6) is 0 Å². The number of rotatable bonds is 5. The van der Waals surface area contributed by atoms with Gasteiger partial charge in [-0.25, -0.2) is 0 Å². The Kier molecular flexibility index (Phi) is 5.66. The Bertz CT molecular complexity index is 571. The summed E-state index contributed by atoms with van der Waals surface area (Å²) in [5.41, 5.74) is 0.599. The molecular weight excluding hydrogens is 284 g/mol. The summed E-state index contributed by atoms with van der Waals surface area (Å²) in [6, 6.07) is 6.11. The molecule has 1 aliphatic rings. The quantitative estimate of drug-likeness (QED) is 0.496. The van der Waals surface area contributed by atoms with E-state index in [2.05, 4.69) is 5.32 Å². The number of nitrogens with zero attached hydrogens (tertiary/aromatic N) is 1. The number of nitrogens with one attached hydrogen (secondary N) is 1. The molecule has 118 valence electrons. The van der Waals surface area contributed by atoms with Crippen LogP contribution in [0.15, 0.2) is 30.3 Å². The maximum absolute atomic E-state index is 12.0. The van der Waals surface area contributed by atoms with Crippen LogP contribution < -0.4 is 5.32 Å². The number of nitro groups is 1. The lowest BCUT2D eigenvalue weighted by Gasteiger charge is -2.30. The fraction of sp³-hybridized carbons (Fsp3) is 0.438. The minimum atomic E-state index is -0.467. The topological polar surface area (TPSA) is 92.5 Å². The SMILES string of the molecule is O=C(/C=C/c1cccc([N+](=O)[O-])c1)NC1CCCCC1CO. The molecule has 22 heavy (non-hydrogen) atoms. The van der Waals surface area contributed by atoms with Gasteiger partial charge in [0.2, 0.25) is 5.91 Å². The number of carbonyl (C=O) groups is 1. The molecule has 0 spiro atoms. The van der Waals surface area contributed by atoms with E-state index in [1.165, 1.54) is 18.2 Å². The third-order valence-electron chi connectivity index (χ3n) is 3.98. The van der Waals surface area contributed by atoms with Crippen molar-refractivity contribution in [3.8, 4) is 0 Å². The van der Waals surface area contributed by atoms with Gasteiger partial charge >= 0.3 is 0 Å². The van der Waals surface area contributed by atoms with Crippen LogP contribution in [-0.4, -0.2) is 28.6 Å². The van der Waals surface area contributed by atoms with Crippen LogP contribution in [0, 0.1) is 16.0 Å². The lowest BCUT2D eigenvalue weighted by Crippen LogP contribution is -2.42. The van der Waals surface area contributed by atoms with Crippen LogP contribution in [0.4, 0.5) is 5.69 Å². The number of carbonyl (C=O) groups excluding carboxylic acids is 1. The highest BCUT2D eigenvalue weighted by atomic mass is 16.6. The zero-order chi connectivity index (χ0) is 15.9. The molecule has 1 aromatic carbocycles. The van der Waals surface area contributed by atoms with E-state index in [-0.39, 0.29) is 30.2 Å². The molecule has 1 fully saturated rings. The van der Waals surface area contributed by atoms with E-state index in [9.17, 15) is 20.0 Å². The average molecular weight is 304 g/mol. The van der Waals surface area contributed by atoms with E-state index in [0.717, 1.165) is 25.7 Å². The smallest absolute Gasteiger partial charge is 0.270 e. The second kappa shape index (κ2) is 7.70. The maximum atomic E-state index is 12.0. The van der Waals surface area contributed by atoms with Crippen LogP contribution in [-0.2, 0) is 4.79 Å². The highest BCUT2D eigenvalue weighted by Crippen LogP contribution is 2.24. The van der Waals surface area contributed by atoms with Crippen LogP contribution in [0.2, 0.25) is 0 Å². The van der Waals surface area contributed by atoms with E-state index in [1.54, 1.807) is 18.2 Å². The van der Waals surface area contributed by atoms with Gasteiger partial charge in [0.15, 0.2) is 0 Å². The van der Waals surface area contributed by atoms with Crippen molar-refractivity contribution >= 4 is 17.7 Å². The lowest BCUT2D eigenvalue weighted by molar-refractivity contribution is -0.384. The number of aliphatic hydroxyl groups is 1. The number of benzene rings is 1. The molecule has 6 nitrogen and oxygen atoms in total. The molecule has 2 rings (SSSR count). The van der Waals surface area contributed by atoms with Gasteiger partial charge in [0, 0.05) is 36.8 Å². The van der Waals surface area contributed by atoms with E-state index in [4.69, 9.17) is 0 Å². The third kappa shape index (κ3) is 4.39. The summed E-state index contributed by atoms with van der Waals surface area (Å²) in [4.78, 5) is 22.2. The summed E-state index contributed by atoms with van der Waals surface area (Å²) in [6.45, 7) is 0.0829. The standard InChI is InChI=1S/C16H20N2O4/c19-11-13-5-1-2-7-15(13)17-16(20)9-8-12-4-3-6-14(10-12)18(21)22/h3-4,6,8-10,13,15,19H,1-2,5,7,11H2,(H,17,20)/b9-8+. The Balaban J connectivity index is 1.96. The molecule has 2 unspecified atom stereocenters. The minimum absolute atomic E-state index is 0.000935. The monoisotopic (exact) mass is 304 g/mol. The van der Waals surface area contributed by atoms with Gasteiger partial charge in [-0.3, -0.25) is 14.9 Å². The van der Waals surface area contributed by atoms with E-state index in [1.807, 2.05) is 0 Å². The number of non-ortho nitro benzene ring substituents is 1. The molecule has 0 heterocycles. The molecule has 1 amide bonds. The Morgan fingerprint density at radius 2 is 2.18 bits per heavy atom. The molecule has 0 radical (unpaired) electrons. The zero-order valence-electron chi connectivity index (χ0n) is 12.3.